The van der Waals surface area contributed by atoms with Crippen LogP contribution >= 0.6 is 11.6 Å². The standard InChI is InChI=1S/C14H17ClO2/c1-3-9(4-2)14-8-12(16)11-7-10(15)5-6-13(11)17-14/h5-7,9,14H,3-4,8H2,1-2H3. The summed E-state index contributed by atoms with van der Waals surface area (Å²) in [6.45, 7) is 4.28. The summed E-state index contributed by atoms with van der Waals surface area (Å²) in [5.41, 5.74) is 0.625. The summed E-state index contributed by atoms with van der Waals surface area (Å²) in [4.78, 5) is 12.0. The Kier molecular flexibility index (Phi) is 3.72. The first-order valence-electron chi connectivity index (χ1n) is 6.15. The maximum absolute atomic E-state index is 12.0. The zero-order chi connectivity index (χ0) is 12.4. The smallest absolute Gasteiger partial charge is 0.170 e. The van der Waals surface area contributed by atoms with Crippen LogP contribution in [0, 0.1) is 5.92 Å². The second-order valence-electron chi connectivity index (χ2n) is 4.50. The van der Waals surface area contributed by atoms with Gasteiger partial charge in [0.25, 0.3) is 0 Å². The van der Waals surface area contributed by atoms with Gasteiger partial charge in [0.05, 0.1) is 5.56 Å². The van der Waals surface area contributed by atoms with Crippen LogP contribution in [0.3, 0.4) is 0 Å². The number of benzene rings is 1. The highest BCUT2D eigenvalue weighted by Gasteiger charge is 2.30. The maximum atomic E-state index is 12.0. The van der Waals surface area contributed by atoms with E-state index in [-0.39, 0.29) is 11.9 Å². The lowest BCUT2D eigenvalue weighted by Gasteiger charge is -2.30. The lowest BCUT2D eigenvalue weighted by molar-refractivity contribution is 0.0716. The molecule has 0 radical (unpaired) electrons. The molecule has 2 rings (SSSR count). The van der Waals surface area contributed by atoms with Crippen molar-refractivity contribution in [2.24, 2.45) is 5.92 Å². The SMILES string of the molecule is CCC(CC)C1CC(=O)c2cc(Cl)ccc2O1. The zero-order valence-corrected chi connectivity index (χ0v) is 11.0. The van der Waals surface area contributed by atoms with Gasteiger partial charge in [-0.05, 0) is 37.0 Å². The average molecular weight is 253 g/mol. The molecule has 0 saturated carbocycles. The van der Waals surface area contributed by atoms with Gasteiger partial charge in [0, 0.05) is 11.4 Å². The summed E-state index contributed by atoms with van der Waals surface area (Å²) < 4.78 is 5.92. The number of Topliss-reactive ketones (excluding diaryl/α,β-unsaturated/α-hetero) is 1. The molecule has 0 spiro atoms. The van der Waals surface area contributed by atoms with Crippen LogP contribution in [0.2, 0.25) is 5.02 Å². The Morgan fingerprint density at radius 1 is 1.41 bits per heavy atom. The third-order valence-electron chi connectivity index (χ3n) is 3.48. The van der Waals surface area contributed by atoms with Gasteiger partial charge < -0.3 is 4.74 Å². The highest BCUT2D eigenvalue weighted by molar-refractivity contribution is 6.31. The number of rotatable bonds is 3. The van der Waals surface area contributed by atoms with Crippen molar-refractivity contribution in [3.63, 3.8) is 0 Å². The lowest BCUT2D eigenvalue weighted by Crippen LogP contribution is -2.33. The first-order chi connectivity index (χ1) is 8.15. The average Bonchev–Trinajstić information content (AvgIpc) is 2.32. The second-order valence-corrected chi connectivity index (χ2v) is 4.94. The first-order valence-corrected chi connectivity index (χ1v) is 6.52. The highest BCUT2D eigenvalue weighted by Crippen LogP contribution is 2.33. The van der Waals surface area contributed by atoms with E-state index in [1.165, 1.54) is 0 Å². The molecule has 0 saturated heterocycles. The van der Waals surface area contributed by atoms with Gasteiger partial charge in [0.2, 0.25) is 0 Å². The van der Waals surface area contributed by atoms with E-state index in [2.05, 4.69) is 13.8 Å². The summed E-state index contributed by atoms with van der Waals surface area (Å²) in [5, 5.41) is 0.585. The normalized spacial score (nSPS) is 19.1. The third kappa shape index (κ3) is 2.47. The van der Waals surface area contributed by atoms with Crippen molar-refractivity contribution in [3.8, 4) is 5.75 Å². The largest absolute Gasteiger partial charge is 0.489 e. The molecule has 1 aliphatic rings. The van der Waals surface area contributed by atoms with Gasteiger partial charge >= 0.3 is 0 Å². The number of hydrogen-bond acceptors (Lipinski definition) is 2. The molecule has 0 fully saturated rings. The van der Waals surface area contributed by atoms with E-state index < -0.39 is 0 Å². The predicted octanol–water partition coefficient (Wildman–Crippen LogP) is 4.11. The summed E-state index contributed by atoms with van der Waals surface area (Å²) in [6, 6.07) is 5.26. The monoisotopic (exact) mass is 252 g/mol. The highest BCUT2D eigenvalue weighted by atomic mass is 35.5. The van der Waals surface area contributed by atoms with Crippen molar-refractivity contribution < 1.29 is 9.53 Å². The van der Waals surface area contributed by atoms with Crippen LogP contribution in [-0.4, -0.2) is 11.9 Å². The molecule has 2 nitrogen and oxygen atoms in total. The van der Waals surface area contributed by atoms with E-state index in [1.807, 2.05) is 0 Å². The minimum absolute atomic E-state index is 0.0196. The van der Waals surface area contributed by atoms with Crippen molar-refractivity contribution in [3.05, 3.63) is 28.8 Å². The summed E-state index contributed by atoms with van der Waals surface area (Å²) in [6.07, 6.45) is 2.57. The fourth-order valence-electron chi connectivity index (χ4n) is 2.40. The molecule has 1 aromatic carbocycles. The summed E-state index contributed by atoms with van der Waals surface area (Å²) in [5.74, 6) is 1.27. The molecule has 17 heavy (non-hydrogen) atoms. The third-order valence-corrected chi connectivity index (χ3v) is 3.72. The number of fused-ring (bicyclic) bond motifs is 1. The predicted molar refractivity (Wildman–Crippen MR) is 68.9 cm³/mol. The number of hydrogen-bond donors (Lipinski definition) is 0. The van der Waals surface area contributed by atoms with Gasteiger partial charge in [0.1, 0.15) is 11.9 Å². The molecule has 92 valence electrons. The Morgan fingerprint density at radius 3 is 2.76 bits per heavy atom. The molecule has 0 bridgehead atoms. The molecule has 0 aromatic heterocycles. The van der Waals surface area contributed by atoms with Gasteiger partial charge in [-0.1, -0.05) is 25.4 Å². The van der Waals surface area contributed by atoms with Crippen molar-refractivity contribution >= 4 is 17.4 Å². The molecular formula is C14H17ClO2. The summed E-state index contributed by atoms with van der Waals surface area (Å²) >= 11 is 5.89. The molecule has 1 atom stereocenters. The fourth-order valence-corrected chi connectivity index (χ4v) is 2.57. The van der Waals surface area contributed by atoms with Gasteiger partial charge in [-0.25, -0.2) is 0 Å². The van der Waals surface area contributed by atoms with Crippen molar-refractivity contribution in [2.75, 3.05) is 0 Å². The Labute approximate surface area is 107 Å². The van der Waals surface area contributed by atoms with Crippen LogP contribution in [0.4, 0.5) is 0 Å². The number of ketones is 1. The topological polar surface area (TPSA) is 26.3 Å². The van der Waals surface area contributed by atoms with Crippen LogP contribution in [0.15, 0.2) is 18.2 Å². The molecule has 1 aromatic rings. The molecule has 1 aliphatic heterocycles. The Hall–Kier alpha value is -1.02. The van der Waals surface area contributed by atoms with E-state index >= 15 is 0 Å². The van der Waals surface area contributed by atoms with Crippen LogP contribution in [0.5, 0.6) is 5.75 Å². The molecule has 0 N–H and O–H groups in total. The molecule has 1 unspecified atom stereocenters. The molecule has 0 amide bonds. The minimum atomic E-state index is 0.0196. The number of carbonyl (C=O) groups excluding carboxylic acids is 1. The zero-order valence-electron chi connectivity index (χ0n) is 10.2. The Balaban J connectivity index is 2.27. The van der Waals surface area contributed by atoms with E-state index in [0.29, 0.717) is 28.7 Å². The van der Waals surface area contributed by atoms with Crippen molar-refractivity contribution in [1.82, 2.24) is 0 Å². The molecule has 3 heteroatoms. The van der Waals surface area contributed by atoms with Crippen LogP contribution < -0.4 is 4.74 Å². The number of carbonyl (C=O) groups is 1. The van der Waals surface area contributed by atoms with E-state index in [0.717, 1.165) is 12.8 Å². The van der Waals surface area contributed by atoms with Crippen molar-refractivity contribution in [2.45, 2.75) is 39.2 Å². The number of ether oxygens (including phenoxy) is 1. The van der Waals surface area contributed by atoms with E-state index in [1.54, 1.807) is 18.2 Å². The van der Waals surface area contributed by atoms with Gasteiger partial charge in [-0.15, -0.1) is 0 Å². The molecule has 0 aliphatic carbocycles. The maximum Gasteiger partial charge on any atom is 0.170 e. The van der Waals surface area contributed by atoms with E-state index in [9.17, 15) is 4.79 Å². The fraction of sp³-hybridized carbons (Fsp3) is 0.500. The second kappa shape index (κ2) is 5.09. The Bertz CT molecular complexity index is 424. The van der Waals surface area contributed by atoms with Gasteiger partial charge in [-0.2, -0.15) is 0 Å². The van der Waals surface area contributed by atoms with Crippen LogP contribution in [0.25, 0.3) is 0 Å². The first kappa shape index (κ1) is 12.4. The Morgan fingerprint density at radius 2 is 2.12 bits per heavy atom. The molecular weight excluding hydrogens is 236 g/mol. The van der Waals surface area contributed by atoms with Crippen LogP contribution in [-0.2, 0) is 0 Å². The van der Waals surface area contributed by atoms with E-state index in [4.69, 9.17) is 16.3 Å². The minimum Gasteiger partial charge on any atom is -0.489 e. The van der Waals surface area contributed by atoms with Crippen LogP contribution in [0.1, 0.15) is 43.5 Å². The quantitative estimate of drug-likeness (QED) is 0.809. The summed E-state index contributed by atoms with van der Waals surface area (Å²) in [7, 11) is 0. The van der Waals surface area contributed by atoms with Crippen molar-refractivity contribution in [1.29, 1.82) is 0 Å². The molecule has 1 heterocycles. The lowest BCUT2D eigenvalue weighted by atomic mass is 9.89. The number of halogens is 1. The van der Waals surface area contributed by atoms with Gasteiger partial charge in [-0.3, -0.25) is 4.79 Å². The van der Waals surface area contributed by atoms with Gasteiger partial charge in [0.15, 0.2) is 5.78 Å².